The van der Waals surface area contributed by atoms with Gasteiger partial charge in [-0.05, 0) is 18.8 Å². The lowest BCUT2D eigenvalue weighted by Crippen LogP contribution is -2.18. The first-order chi connectivity index (χ1) is 6.18. The van der Waals surface area contributed by atoms with Crippen molar-refractivity contribution in [3.8, 4) is 0 Å². The highest BCUT2D eigenvalue weighted by Gasteiger charge is 2.21. The normalized spacial score (nSPS) is 21.2. The summed E-state index contributed by atoms with van der Waals surface area (Å²) in [4.78, 5) is 14.6. The maximum atomic E-state index is 10.7. The van der Waals surface area contributed by atoms with Crippen LogP contribution < -0.4 is 0 Å². The predicted molar refractivity (Wildman–Crippen MR) is 46.7 cm³/mol. The second-order valence-electron chi connectivity index (χ2n) is 3.64. The lowest BCUT2D eigenvalue weighted by Gasteiger charge is -2.20. The van der Waals surface area contributed by atoms with Gasteiger partial charge in [0.2, 0.25) is 0 Å². The Bertz CT molecular complexity index is 343. The smallest absolute Gasteiger partial charge is 0.356 e. The fourth-order valence-electron chi connectivity index (χ4n) is 1.82. The number of aromatic carboxylic acids is 1. The zero-order valence-corrected chi connectivity index (χ0v) is 7.53. The quantitative estimate of drug-likeness (QED) is 0.705. The molecule has 0 fully saturated rings. The van der Waals surface area contributed by atoms with Gasteiger partial charge in [-0.25, -0.2) is 9.78 Å². The van der Waals surface area contributed by atoms with Crippen molar-refractivity contribution in [1.82, 2.24) is 9.55 Å². The number of rotatable bonds is 1. The Morgan fingerprint density at radius 2 is 2.54 bits per heavy atom. The minimum Gasteiger partial charge on any atom is -0.476 e. The van der Waals surface area contributed by atoms with Crippen molar-refractivity contribution in [3.63, 3.8) is 0 Å². The number of aromatic nitrogens is 2. The van der Waals surface area contributed by atoms with Crippen LogP contribution in [0.15, 0.2) is 6.33 Å². The molecule has 1 N–H and O–H groups in total. The average molecular weight is 180 g/mol. The summed E-state index contributed by atoms with van der Waals surface area (Å²) < 4.78 is 1.96. The van der Waals surface area contributed by atoms with Crippen LogP contribution in [0.25, 0.3) is 0 Å². The van der Waals surface area contributed by atoms with Crippen LogP contribution in [0.5, 0.6) is 0 Å². The minimum atomic E-state index is -0.914. The van der Waals surface area contributed by atoms with E-state index in [4.69, 9.17) is 5.11 Å². The zero-order chi connectivity index (χ0) is 9.42. The van der Waals surface area contributed by atoms with Crippen LogP contribution in [-0.2, 0) is 13.0 Å². The van der Waals surface area contributed by atoms with E-state index in [0.717, 1.165) is 25.1 Å². The van der Waals surface area contributed by atoms with E-state index in [2.05, 4.69) is 11.9 Å². The first-order valence-corrected chi connectivity index (χ1v) is 4.45. The molecule has 1 aromatic rings. The van der Waals surface area contributed by atoms with Crippen LogP contribution in [0, 0.1) is 5.92 Å². The molecule has 0 saturated carbocycles. The molecule has 0 radical (unpaired) electrons. The van der Waals surface area contributed by atoms with Crippen LogP contribution >= 0.6 is 0 Å². The van der Waals surface area contributed by atoms with Crippen molar-refractivity contribution in [2.24, 2.45) is 5.92 Å². The number of nitrogens with zero attached hydrogens (tertiary/aromatic N) is 2. The Hall–Kier alpha value is -1.32. The van der Waals surface area contributed by atoms with E-state index >= 15 is 0 Å². The first kappa shape index (κ1) is 8.29. The molecule has 0 aromatic carbocycles. The lowest BCUT2D eigenvalue weighted by molar-refractivity contribution is 0.0689. The second kappa shape index (κ2) is 2.87. The molecule has 0 bridgehead atoms. The highest BCUT2D eigenvalue weighted by Crippen LogP contribution is 2.21. The molecule has 1 aromatic heterocycles. The van der Waals surface area contributed by atoms with Crippen molar-refractivity contribution < 1.29 is 9.90 Å². The SMILES string of the molecule is CC1CCc2c(C(=O)O)ncn2C1. The molecule has 4 nitrogen and oxygen atoms in total. The molecule has 2 rings (SSSR count). The maximum absolute atomic E-state index is 10.7. The fraction of sp³-hybridized carbons (Fsp3) is 0.556. The molecule has 4 heteroatoms. The van der Waals surface area contributed by atoms with Crippen molar-refractivity contribution in [1.29, 1.82) is 0 Å². The van der Waals surface area contributed by atoms with Gasteiger partial charge in [0.15, 0.2) is 5.69 Å². The van der Waals surface area contributed by atoms with Crippen molar-refractivity contribution in [2.45, 2.75) is 26.3 Å². The summed E-state index contributed by atoms with van der Waals surface area (Å²) >= 11 is 0. The van der Waals surface area contributed by atoms with E-state index in [1.165, 1.54) is 0 Å². The van der Waals surface area contributed by atoms with Gasteiger partial charge in [-0.15, -0.1) is 0 Å². The van der Waals surface area contributed by atoms with Crippen molar-refractivity contribution >= 4 is 5.97 Å². The summed E-state index contributed by atoms with van der Waals surface area (Å²) in [7, 11) is 0. The number of carbonyl (C=O) groups is 1. The number of fused-ring (bicyclic) bond motifs is 1. The van der Waals surface area contributed by atoms with Crippen LogP contribution in [-0.4, -0.2) is 20.6 Å². The van der Waals surface area contributed by atoms with E-state index in [0.29, 0.717) is 5.92 Å². The summed E-state index contributed by atoms with van der Waals surface area (Å²) in [5.74, 6) is -0.286. The van der Waals surface area contributed by atoms with Gasteiger partial charge in [-0.2, -0.15) is 0 Å². The standard InChI is InChI=1S/C9H12N2O2/c1-6-2-3-7-8(9(12)13)10-5-11(7)4-6/h5-6H,2-4H2,1H3,(H,12,13). The van der Waals surface area contributed by atoms with Gasteiger partial charge < -0.3 is 9.67 Å². The largest absolute Gasteiger partial charge is 0.476 e. The molecule has 0 aliphatic carbocycles. The second-order valence-corrected chi connectivity index (χ2v) is 3.64. The van der Waals surface area contributed by atoms with Gasteiger partial charge in [0, 0.05) is 6.54 Å². The number of carboxylic acid groups (broad SMARTS) is 1. The van der Waals surface area contributed by atoms with E-state index in [9.17, 15) is 4.79 Å². The molecule has 70 valence electrons. The number of imidazole rings is 1. The van der Waals surface area contributed by atoms with E-state index in [1.807, 2.05) is 4.57 Å². The van der Waals surface area contributed by atoms with Crippen LogP contribution in [0.4, 0.5) is 0 Å². The third kappa shape index (κ3) is 1.32. The molecule has 1 aliphatic rings. The van der Waals surface area contributed by atoms with E-state index in [-0.39, 0.29) is 5.69 Å². The van der Waals surface area contributed by atoms with Gasteiger partial charge in [-0.1, -0.05) is 6.92 Å². The van der Waals surface area contributed by atoms with Gasteiger partial charge in [0.1, 0.15) is 0 Å². The van der Waals surface area contributed by atoms with Crippen molar-refractivity contribution in [2.75, 3.05) is 0 Å². The van der Waals surface area contributed by atoms with Gasteiger partial charge in [0.05, 0.1) is 12.0 Å². The Labute approximate surface area is 76.2 Å². The maximum Gasteiger partial charge on any atom is 0.356 e. The van der Waals surface area contributed by atoms with Crippen LogP contribution in [0.2, 0.25) is 0 Å². The molecular weight excluding hydrogens is 168 g/mol. The van der Waals surface area contributed by atoms with Crippen LogP contribution in [0.3, 0.4) is 0 Å². The summed E-state index contributed by atoms with van der Waals surface area (Å²) in [6.45, 7) is 3.07. The summed E-state index contributed by atoms with van der Waals surface area (Å²) in [6.07, 6.45) is 3.53. The summed E-state index contributed by atoms with van der Waals surface area (Å²) in [5.41, 5.74) is 1.11. The Morgan fingerprint density at radius 1 is 1.77 bits per heavy atom. The molecule has 1 unspecified atom stereocenters. The molecule has 1 atom stereocenters. The number of hydrogen-bond donors (Lipinski definition) is 1. The minimum absolute atomic E-state index is 0.229. The first-order valence-electron chi connectivity index (χ1n) is 4.45. The predicted octanol–water partition coefficient (Wildman–Crippen LogP) is 1.16. The summed E-state index contributed by atoms with van der Waals surface area (Å²) in [5, 5.41) is 8.82. The van der Waals surface area contributed by atoms with Crippen molar-refractivity contribution in [3.05, 3.63) is 17.7 Å². The fourth-order valence-corrected chi connectivity index (χ4v) is 1.82. The average Bonchev–Trinajstić information content (AvgIpc) is 2.46. The topological polar surface area (TPSA) is 55.1 Å². The Morgan fingerprint density at radius 3 is 3.23 bits per heavy atom. The van der Waals surface area contributed by atoms with E-state index in [1.54, 1.807) is 6.33 Å². The highest BCUT2D eigenvalue weighted by atomic mass is 16.4. The molecule has 0 spiro atoms. The monoisotopic (exact) mass is 180 g/mol. The third-order valence-corrected chi connectivity index (χ3v) is 2.53. The Balaban J connectivity index is 2.39. The zero-order valence-electron chi connectivity index (χ0n) is 7.53. The van der Waals surface area contributed by atoms with Gasteiger partial charge in [-0.3, -0.25) is 0 Å². The molecule has 0 amide bonds. The lowest BCUT2D eigenvalue weighted by atomic mass is 9.99. The van der Waals surface area contributed by atoms with Gasteiger partial charge in [0.25, 0.3) is 0 Å². The Kier molecular flexibility index (Phi) is 1.83. The van der Waals surface area contributed by atoms with Crippen LogP contribution in [0.1, 0.15) is 29.5 Å². The molecule has 1 aliphatic heterocycles. The molecule has 2 heterocycles. The molecular formula is C9H12N2O2. The highest BCUT2D eigenvalue weighted by molar-refractivity contribution is 5.86. The number of carboxylic acids is 1. The number of hydrogen-bond acceptors (Lipinski definition) is 2. The molecule has 13 heavy (non-hydrogen) atoms. The summed E-state index contributed by atoms with van der Waals surface area (Å²) in [6, 6.07) is 0. The molecule has 0 saturated heterocycles. The van der Waals surface area contributed by atoms with Gasteiger partial charge >= 0.3 is 5.97 Å². The van der Waals surface area contributed by atoms with E-state index < -0.39 is 5.97 Å². The third-order valence-electron chi connectivity index (χ3n) is 2.53.